The SMILES string of the molecule is [C-]#[N+]c1cc2c(Br)cn(C3CN(C(=O)OC(C)(C)C)C3)c2cc1C. The highest BCUT2D eigenvalue weighted by Crippen LogP contribution is 2.36. The molecule has 1 fully saturated rings. The molecule has 1 aliphatic rings. The van der Waals surface area contributed by atoms with Crippen molar-refractivity contribution in [2.24, 2.45) is 0 Å². The van der Waals surface area contributed by atoms with Crippen LogP contribution in [-0.4, -0.2) is 34.3 Å². The fourth-order valence-electron chi connectivity index (χ4n) is 2.88. The van der Waals surface area contributed by atoms with Crippen LogP contribution in [0, 0.1) is 13.5 Å². The Bertz CT molecular complexity index is 852. The van der Waals surface area contributed by atoms with Crippen molar-refractivity contribution in [3.8, 4) is 0 Å². The van der Waals surface area contributed by atoms with Crippen LogP contribution in [0.2, 0.25) is 0 Å². The zero-order chi connectivity index (χ0) is 17.6. The van der Waals surface area contributed by atoms with Crippen LogP contribution in [0.25, 0.3) is 15.7 Å². The number of amides is 1. The average Bonchev–Trinajstić information content (AvgIpc) is 2.71. The quantitative estimate of drug-likeness (QED) is 0.639. The number of likely N-dealkylation sites (tertiary alicyclic amines) is 1. The van der Waals surface area contributed by atoms with E-state index in [1.54, 1.807) is 4.90 Å². The second kappa shape index (κ2) is 5.82. The Labute approximate surface area is 150 Å². The maximum Gasteiger partial charge on any atom is 0.410 e. The molecule has 1 saturated heterocycles. The van der Waals surface area contributed by atoms with Gasteiger partial charge in [0.15, 0.2) is 5.69 Å². The van der Waals surface area contributed by atoms with Gasteiger partial charge in [0.1, 0.15) is 5.60 Å². The topological polar surface area (TPSA) is 38.8 Å². The summed E-state index contributed by atoms with van der Waals surface area (Å²) in [5.41, 5.74) is 2.25. The van der Waals surface area contributed by atoms with Crippen molar-refractivity contribution >= 4 is 38.6 Å². The highest BCUT2D eigenvalue weighted by Gasteiger charge is 2.35. The summed E-state index contributed by atoms with van der Waals surface area (Å²) in [7, 11) is 0. The van der Waals surface area contributed by atoms with Crippen LogP contribution in [0.4, 0.5) is 10.5 Å². The van der Waals surface area contributed by atoms with Gasteiger partial charge in [-0.25, -0.2) is 9.64 Å². The van der Waals surface area contributed by atoms with E-state index in [1.807, 2.05) is 46.0 Å². The number of aryl methyl sites for hydroxylation is 1. The molecule has 1 aromatic carbocycles. The van der Waals surface area contributed by atoms with Gasteiger partial charge >= 0.3 is 6.09 Å². The predicted octanol–water partition coefficient (Wildman–Crippen LogP) is 5.05. The van der Waals surface area contributed by atoms with Crippen LogP contribution in [0.5, 0.6) is 0 Å². The van der Waals surface area contributed by atoms with E-state index in [2.05, 4.69) is 25.3 Å². The monoisotopic (exact) mass is 389 g/mol. The first-order chi connectivity index (χ1) is 11.2. The van der Waals surface area contributed by atoms with E-state index in [1.165, 1.54) is 0 Å². The lowest BCUT2D eigenvalue weighted by Crippen LogP contribution is -2.52. The molecule has 0 bridgehead atoms. The summed E-state index contributed by atoms with van der Waals surface area (Å²) in [6, 6.07) is 4.19. The van der Waals surface area contributed by atoms with Crippen LogP contribution in [0.1, 0.15) is 32.4 Å². The Morgan fingerprint density at radius 1 is 1.38 bits per heavy atom. The number of halogens is 1. The summed E-state index contributed by atoms with van der Waals surface area (Å²) in [6.07, 6.45) is 1.77. The third-order valence-electron chi connectivity index (χ3n) is 4.13. The van der Waals surface area contributed by atoms with Crippen LogP contribution in [-0.2, 0) is 4.74 Å². The molecule has 6 heteroatoms. The largest absolute Gasteiger partial charge is 0.444 e. The first kappa shape index (κ1) is 16.8. The van der Waals surface area contributed by atoms with Crippen molar-refractivity contribution in [3.05, 3.63) is 39.8 Å². The van der Waals surface area contributed by atoms with E-state index in [-0.39, 0.29) is 12.1 Å². The molecule has 0 spiro atoms. The second-order valence-corrected chi connectivity index (χ2v) is 8.05. The maximum atomic E-state index is 12.1. The van der Waals surface area contributed by atoms with Crippen molar-refractivity contribution in [2.75, 3.05) is 13.1 Å². The zero-order valence-electron chi connectivity index (χ0n) is 14.3. The number of carbonyl (C=O) groups is 1. The number of ether oxygens (including phenoxy) is 1. The molecule has 1 aromatic heterocycles. The standard InChI is InChI=1S/C18H20BrN3O2/c1-11-6-16-13(7-15(11)20-5)14(19)10-22(16)12-8-21(9-12)17(23)24-18(2,3)4/h6-7,10,12H,8-9H2,1-4H3. The van der Waals surface area contributed by atoms with Crippen molar-refractivity contribution in [3.63, 3.8) is 0 Å². The number of carbonyl (C=O) groups excluding carboxylic acids is 1. The summed E-state index contributed by atoms with van der Waals surface area (Å²) in [5, 5.41) is 1.03. The summed E-state index contributed by atoms with van der Waals surface area (Å²) < 4.78 is 8.56. The number of benzene rings is 1. The van der Waals surface area contributed by atoms with Crippen LogP contribution in [0.15, 0.2) is 22.8 Å². The van der Waals surface area contributed by atoms with Crippen LogP contribution < -0.4 is 0 Å². The molecular weight excluding hydrogens is 370 g/mol. The Morgan fingerprint density at radius 2 is 2.04 bits per heavy atom. The van der Waals surface area contributed by atoms with E-state index < -0.39 is 5.60 Å². The molecule has 0 unspecified atom stereocenters. The number of fused-ring (bicyclic) bond motifs is 1. The normalized spacial score (nSPS) is 15.2. The van der Waals surface area contributed by atoms with E-state index in [9.17, 15) is 4.79 Å². The summed E-state index contributed by atoms with van der Waals surface area (Å²) in [6.45, 7) is 16.1. The highest BCUT2D eigenvalue weighted by molar-refractivity contribution is 9.10. The molecule has 0 aliphatic carbocycles. The summed E-state index contributed by atoms with van der Waals surface area (Å²) in [4.78, 5) is 17.4. The van der Waals surface area contributed by atoms with Gasteiger partial charge < -0.3 is 14.2 Å². The van der Waals surface area contributed by atoms with Gasteiger partial charge in [-0.05, 0) is 61.3 Å². The van der Waals surface area contributed by atoms with Gasteiger partial charge in [-0.2, -0.15) is 0 Å². The minimum absolute atomic E-state index is 0.226. The van der Waals surface area contributed by atoms with Gasteiger partial charge in [0.2, 0.25) is 0 Å². The maximum absolute atomic E-state index is 12.1. The average molecular weight is 390 g/mol. The molecule has 0 radical (unpaired) electrons. The van der Waals surface area contributed by atoms with Gasteiger partial charge in [0, 0.05) is 34.7 Å². The van der Waals surface area contributed by atoms with Crippen LogP contribution in [0.3, 0.4) is 0 Å². The fourth-order valence-corrected chi connectivity index (χ4v) is 3.41. The van der Waals surface area contributed by atoms with Gasteiger partial charge in [-0.1, -0.05) is 0 Å². The first-order valence-electron chi connectivity index (χ1n) is 7.85. The third kappa shape index (κ3) is 3.01. The lowest BCUT2D eigenvalue weighted by atomic mass is 10.1. The molecule has 3 rings (SSSR count). The lowest BCUT2D eigenvalue weighted by Gasteiger charge is -2.40. The third-order valence-corrected chi connectivity index (χ3v) is 4.76. The molecule has 2 aromatic rings. The Balaban J connectivity index is 1.82. The summed E-state index contributed by atoms with van der Waals surface area (Å²) in [5.74, 6) is 0. The van der Waals surface area contributed by atoms with Crippen molar-refractivity contribution < 1.29 is 9.53 Å². The number of aromatic nitrogens is 1. The van der Waals surface area contributed by atoms with Gasteiger partial charge in [-0.15, -0.1) is 0 Å². The Morgan fingerprint density at radius 3 is 2.62 bits per heavy atom. The van der Waals surface area contributed by atoms with Crippen molar-refractivity contribution in [1.29, 1.82) is 0 Å². The van der Waals surface area contributed by atoms with E-state index in [0.717, 1.165) is 20.9 Å². The van der Waals surface area contributed by atoms with Crippen LogP contribution >= 0.6 is 15.9 Å². The highest BCUT2D eigenvalue weighted by atomic mass is 79.9. The lowest BCUT2D eigenvalue weighted by molar-refractivity contribution is 0.00157. The number of nitrogens with zero attached hydrogens (tertiary/aromatic N) is 3. The molecule has 0 atom stereocenters. The molecule has 2 heterocycles. The Hall–Kier alpha value is -2.00. The number of hydrogen-bond donors (Lipinski definition) is 0. The minimum Gasteiger partial charge on any atom is -0.444 e. The van der Waals surface area contributed by atoms with E-state index in [0.29, 0.717) is 18.8 Å². The van der Waals surface area contributed by atoms with E-state index >= 15 is 0 Å². The molecule has 1 aliphatic heterocycles. The van der Waals surface area contributed by atoms with Gasteiger partial charge in [0.05, 0.1) is 12.6 Å². The van der Waals surface area contributed by atoms with E-state index in [4.69, 9.17) is 11.3 Å². The number of rotatable bonds is 1. The Kier molecular flexibility index (Phi) is 4.08. The molecule has 126 valence electrons. The smallest absolute Gasteiger partial charge is 0.410 e. The first-order valence-corrected chi connectivity index (χ1v) is 8.65. The minimum atomic E-state index is -0.474. The second-order valence-electron chi connectivity index (χ2n) is 7.19. The van der Waals surface area contributed by atoms with Crippen molar-refractivity contribution in [2.45, 2.75) is 39.3 Å². The molecular formula is C18H20BrN3O2. The van der Waals surface area contributed by atoms with Gasteiger partial charge in [0.25, 0.3) is 0 Å². The molecule has 0 saturated carbocycles. The molecule has 5 nitrogen and oxygen atoms in total. The summed E-state index contributed by atoms with van der Waals surface area (Å²) >= 11 is 3.58. The predicted molar refractivity (Wildman–Crippen MR) is 97.5 cm³/mol. The fraction of sp³-hybridized carbons (Fsp3) is 0.444. The molecule has 24 heavy (non-hydrogen) atoms. The molecule has 1 amide bonds. The molecule has 0 N–H and O–H groups in total. The van der Waals surface area contributed by atoms with Gasteiger partial charge in [-0.3, -0.25) is 0 Å². The number of hydrogen-bond acceptors (Lipinski definition) is 2. The van der Waals surface area contributed by atoms with Crippen molar-refractivity contribution in [1.82, 2.24) is 9.47 Å². The zero-order valence-corrected chi connectivity index (χ0v) is 15.8.